The van der Waals surface area contributed by atoms with Crippen molar-refractivity contribution >= 4 is 70.0 Å². The van der Waals surface area contributed by atoms with Crippen LogP contribution in [0, 0.1) is 0 Å². The van der Waals surface area contributed by atoms with E-state index in [1.165, 1.54) is 21.8 Å². The topological polar surface area (TPSA) is 0 Å². The second-order valence-electron chi connectivity index (χ2n) is 4.64. The third kappa shape index (κ3) is 8.87. The third-order valence-corrected chi connectivity index (χ3v) is 12.5. The first-order valence-corrected chi connectivity index (χ1v) is 16.3. The molecule has 2 aromatic carbocycles. The molecule has 2 aromatic rings. The molecule has 0 spiro atoms. The predicted octanol–water partition coefficient (Wildman–Crippen LogP) is 3.20. The Balaban J connectivity index is 1.40. The molecule has 0 saturated carbocycles. The van der Waals surface area contributed by atoms with Gasteiger partial charge < -0.3 is 0 Å². The van der Waals surface area contributed by atoms with E-state index in [4.69, 9.17) is 0 Å². The molecule has 0 radical (unpaired) electrons. The number of benzene rings is 2. The molecule has 0 atom stereocenters. The minimum atomic E-state index is 0.116. The van der Waals surface area contributed by atoms with Gasteiger partial charge in [-0.25, -0.2) is 0 Å². The van der Waals surface area contributed by atoms with E-state index < -0.39 is 0 Å². The van der Waals surface area contributed by atoms with Gasteiger partial charge in [-0.3, -0.25) is 0 Å². The Kier molecular flexibility index (Phi) is 10.6. The molecular formula is C18H22Te3. The first-order chi connectivity index (χ1) is 10.4. The first kappa shape index (κ1) is 18.2. The molecule has 21 heavy (non-hydrogen) atoms. The van der Waals surface area contributed by atoms with Crippen molar-refractivity contribution in [3.8, 4) is 0 Å². The summed E-state index contributed by atoms with van der Waals surface area (Å²) in [6, 6.07) is 22.2. The second kappa shape index (κ2) is 12.3. The summed E-state index contributed by atoms with van der Waals surface area (Å²) in [6.07, 6.45) is 3.02. The molecule has 0 nitrogen and oxygen atoms in total. The normalized spacial score (nSPS) is 10.7. The van der Waals surface area contributed by atoms with E-state index in [9.17, 15) is 0 Å². The molecule has 0 aliphatic carbocycles. The molecule has 0 N–H and O–H groups in total. The van der Waals surface area contributed by atoms with E-state index in [-0.39, 0.29) is 41.8 Å². The summed E-state index contributed by atoms with van der Waals surface area (Å²) >= 11 is 0.561. The standard InChI is InChI=1S/C18H22Te3/c1-3-9-17(10-4-1)20-15-7-13-19-14-8-16-21-18-11-5-2-6-12-18/h1-6,9-12H,7-8,13-16H2. The molecule has 0 aromatic heterocycles. The van der Waals surface area contributed by atoms with E-state index in [0.29, 0.717) is 20.9 Å². The van der Waals surface area contributed by atoms with Crippen molar-refractivity contribution in [1.29, 1.82) is 0 Å². The summed E-state index contributed by atoms with van der Waals surface area (Å²) in [5.41, 5.74) is 0. The van der Waals surface area contributed by atoms with Crippen molar-refractivity contribution in [2.45, 2.75) is 30.7 Å². The Morgan fingerprint density at radius 3 is 1.38 bits per heavy atom. The van der Waals surface area contributed by atoms with E-state index >= 15 is 0 Å². The molecule has 0 fully saturated rings. The van der Waals surface area contributed by atoms with Gasteiger partial charge in [-0.1, -0.05) is 0 Å². The van der Waals surface area contributed by atoms with Crippen LogP contribution >= 0.6 is 0 Å². The predicted molar refractivity (Wildman–Crippen MR) is 97.9 cm³/mol. The van der Waals surface area contributed by atoms with Gasteiger partial charge in [0.2, 0.25) is 0 Å². The molecule has 0 bridgehead atoms. The van der Waals surface area contributed by atoms with Crippen molar-refractivity contribution in [2.24, 2.45) is 0 Å². The van der Waals surface area contributed by atoms with Gasteiger partial charge in [-0.2, -0.15) is 0 Å². The molecule has 0 unspecified atom stereocenters. The van der Waals surface area contributed by atoms with Gasteiger partial charge >= 0.3 is 161 Å². The Morgan fingerprint density at radius 2 is 0.952 bits per heavy atom. The first-order valence-electron chi connectivity index (χ1n) is 7.38. The van der Waals surface area contributed by atoms with Gasteiger partial charge in [0.05, 0.1) is 0 Å². The van der Waals surface area contributed by atoms with Gasteiger partial charge in [-0.05, 0) is 0 Å². The van der Waals surface area contributed by atoms with Crippen LogP contribution in [-0.2, 0) is 0 Å². The van der Waals surface area contributed by atoms with E-state index in [2.05, 4.69) is 60.7 Å². The van der Waals surface area contributed by atoms with Crippen LogP contribution in [0.15, 0.2) is 60.7 Å². The van der Waals surface area contributed by atoms with Gasteiger partial charge in [0.25, 0.3) is 0 Å². The Labute approximate surface area is 159 Å². The number of hydrogen-bond acceptors (Lipinski definition) is 0. The van der Waals surface area contributed by atoms with Crippen LogP contribution in [0.2, 0.25) is 17.9 Å². The average molecular weight is 621 g/mol. The fourth-order valence-corrected chi connectivity index (χ4v) is 12.9. The van der Waals surface area contributed by atoms with Crippen LogP contribution in [0.1, 0.15) is 12.8 Å². The monoisotopic (exact) mass is 628 g/mol. The maximum absolute atomic E-state index is 2.31. The van der Waals surface area contributed by atoms with Crippen LogP contribution < -0.4 is 7.22 Å². The molecule has 0 saturated heterocycles. The quantitative estimate of drug-likeness (QED) is 0.283. The number of rotatable bonds is 10. The van der Waals surface area contributed by atoms with Crippen LogP contribution in [0.3, 0.4) is 0 Å². The van der Waals surface area contributed by atoms with Gasteiger partial charge in [0.1, 0.15) is 0 Å². The molecule has 0 aliphatic heterocycles. The fraction of sp³-hybridized carbons (Fsp3) is 0.333. The Hall–Kier alpha value is 0.809. The minimum absolute atomic E-state index is 0.116. The molecule has 2 rings (SSSR count). The SMILES string of the molecule is c1ccc([Te]CCC[Te]CCC[Te]c2ccccc2)cc1. The summed E-state index contributed by atoms with van der Waals surface area (Å²) in [5, 5.41) is 0. The van der Waals surface area contributed by atoms with Gasteiger partial charge in [-0.15, -0.1) is 0 Å². The zero-order valence-electron chi connectivity index (χ0n) is 12.2. The summed E-state index contributed by atoms with van der Waals surface area (Å²) in [5.74, 6) is 0. The van der Waals surface area contributed by atoms with Crippen LogP contribution in [0.25, 0.3) is 0 Å². The van der Waals surface area contributed by atoms with E-state index in [0.717, 1.165) is 0 Å². The average Bonchev–Trinajstić information content (AvgIpc) is 2.55. The summed E-state index contributed by atoms with van der Waals surface area (Å²) in [4.78, 5) is 0. The second-order valence-corrected chi connectivity index (χ2v) is 14.8. The van der Waals surface area contributed by atoms with Gasteiger partial charge in [0.15, 0.2) is 0 Å². The van der Waals surface area contributed by atoms with Crippen molar-refractivity contribution in [2.75, 3.05) is 0 Å². The summed E-state index contributed by atoms with van der Waals surface area (Å²) < 4.78 is 9.45. The van der Waals surface area contributed by atoms with E-state index in [1.807, 2.05) is 0 Å². The van der Waals surface area contributed by atoms with E-state index in [1.54, 1.807) is 16.2 Å². The van der Waals surface area contributed by atoms with Crippen LogP contribution in [-0.4, -0.2) is 62.8 Å². The zero-order chi connectivity index (χ0) is 14.6. The maximum atomic E-state index is 2.31. The van der Waals surface area contributed by atoms with Crippen molar-refractivity contribution in [3.63, 3.8) is 0 Å². The summed E-state index contributed by atoms with van der Waals surface area (Å²) in [6.45, 7) is 0. The third-order valence-electron chi connectivity index (χ3n) is 2.89. The van der Waals surface area contributed by atoms with Crippen LogP contribution in [0.5, 0.6) is 0 Å². The van der Waals surface area contributed by atoms with Gasteiger partial charge in [0, 0.05) is 0 Å². The molecule has 0 amide bonds. The fourth-order valence-electron chi connectivity index (χ4n) is 1.84. The van der Waals surface area contributed by atoms with Crippen molar-refractivity contribution < 1.29 is 0 Å². The Morgan fingerprint density at radius 1 is 0.524 bits per heavy atom. The molecular weight excluding hydrogens is 599 g/mol. The molecule has 0 heterocycles. The zero-order valence-corrected chi connectivity index (χ0v) is 19.2. The Bertz CT molecular complexity index is 425. The van der Waals surface area contributed by atoms with Crippen molar-refractivity contribution in [1.82, 2.24) is 0 Å². The van der Waals surface area contributed by atoms with Crippen molar-refractivity contribution in [3.05, 3.63) is 60.7 Å². The molecule has 0 aliphatic rings. The molecule has 112 valence electrons. The molecule has 3 heteroatoms. The van der Waals surface area contributed by atoms with Crippen LogP contribution in [0.4, 0.5) is 0 Å². The summed E-state index contributed by atoms with van der Waals surface area (Å²) in [7, 11) is 0. The number of hydrogen-bond donors (Lipinski definition) is 0.